The maximum atomic E-state index is 13.2. The van der Waals surface area contributed by atoms with Crippen LogP contribution in [0.4, 0.5) is 35.1 Å². The summed E-state index contributed by atoms with van der Waals surface area (Å²) in [5.74, 6) is -6.38. The molecular weight excluding hydrogens is 607 g/mol. The minimum atomic E-state index is -6.46. The molecule has 0 aromatic heterocycles. The molecule has 0 unspecified atom stereocenters. The van der Waals surface area contributed by atoms with E-state index in [4.69, 9.17) is 4.74 Å². The van der Waals surface area contributed by atoms with Gasteiger partial charge in [-0.2, -0.15) is 35.8 Å². The lowest BCUT2D eigenvalue weighted by molar-refractivity contribution is -0.361. The van der Waals surface area contributed by atoms with Gasteiger partial charge >= 0.3 is 18.1 Å². The fourth-order valence-electron chi connectivity index (χ4n) is 1.96. The minimum Gasteiger partial charge on any atom is -0.487 e. The molecule has 0 bridgehead atoms. The van der Waals surface area contributed by atoms with E-state index in [-0.39, 0.29) is 12.2 Å². The van der Waals surface area contributed by atoms with Gasteiger partial charge in [0.15, 0.2) is 0 Å². The topological polar surface area (TPSA) is 33.6 Å². The second-order valence-electron chi connectivity index (χ2n) is 5.75. The van der Waals surface area contributed by atoms with Gasteiger partial charge in [0.2, 0.25) is 0 Å². The molecule has 0 atom stereocenters. The number of hydrogen-bond acceptors (Lipinski definition) is 3. The molecule has 0 saturated carbocycles. The summed E-state index contributed by atoms with van der Waals surface area (Å²) in [7, 11) is 0. The molecule has 0 aliphatic heterocycles. The summed E-state index contributed by atoms with van der Waals surface area (Å²) in [5.41, 5.74) is 1.32. The molecule has 0 heterocycles. The zero-order valence-corrected chi connectivity index (χ0v) is 18.1. The molecule has 3 nitrogen and oxygen atoms in total. The highest BCUT2D eigenvalue weighted by atomic mass is 127. The van der Waals surface area contributed by atoms with Crippen LogP contribution in [0, 0.1) is 9.39 Å². The van der Waals surface area contributed by atoms with Crippen molar-refractivity contribution in [1.82, 2.24) is 5.43 Å². The highest BCUT2D eigenvalue weighted by molar-refractivity contribution is 14.1. The fourth-order valence-corrected chi connectivity index (χ4v) is 3.73. The van der Waals surface area contributed by atoms with Crippen molar-refractivity contribution in [2.45, 2.75) is 24.8 Å². The molecule has 0 spiro atoms. The Kier molecular flexibility index (Phi) is 7.59. The molecule has 2 aromatic rings. The third-order valence-electron chi connectivity index (χ3n) is 3.49. The van der Waals surface area contributed by atoms with Crippen molar-refractivity contribution in [3.63, 3.8) is 0 Å². The van der Waals surface area contributed by atoms with E-state index >= 15 is 0 Å². The average molecular weight is 617 g/mol. The van der Waals surface area contributed by atoms with Gasteiger partial charge in [0.25, 0.3) is 0 Å². The molecule has 0 aliphatic carbocycles. The summed E-state index contributed by atoms with van der Waals surface area (Å²) in [4.78, 5) is 0. The third-order valence-corrected chi connectivity index (χ3v) is 4.88. The van der Waals surface area contributed by atoms with Gasteiger partial charge < -0.3 is 4.74 Å². The Morgan fingerprint density at radius 2 is 1.63 bits per heavy atom. The van der Waals surface area contributed by atoms with Crippen LogP contribution >= 0.6 is 38.5 Å². The number of nitrogens with zero attached hydrogens (tertiary/aromatic N) is 1. The van der Waals surface area contributed by atoms with Gasteiger partial charge in [0, 0.05) is 0 Å². The van der Waals surface area contributed by atoms with E-state index in [0.29, 0.717) is 31.0 Å². The first kappa shape index (κ1) is 24.6. The zero-order chi connectivity index (χ0) is 22.7. The van der Waals surface area contributed by atoms with Gasteiger partial charge in [-0.25, -0.2) is 9.82 Å². The Bertz CT molecular complexity index is 896. The highest BCUT2D eigenvalue weighted by Gasteiger charge is 2.73. The standard InChI is InChI=1S/C17H10BrF8IN2O/c18-12-5-10(7-28-29-17(25,26)15(20,21)16(22,23)24)6-13(27)14(12)30-8-9-1-3-11(19)4-2-9/h1-7,29H,8H2/b28-7+. The van der Waals surface area contributed by atoms with Gasteiger partial charge in [0.1, 0.15) is 18.2 Å². The zero-order valence-electron chi connectivity index (χ0n) is 14.4. The summed E-state index contributed by atoms with van der Waals surface area (Å²) >= 11 is 5.02. The number of hydrogen-bond donors (Lipinski definition) is 1. The lowest BCUT2D eigenvalue weighted by Crippen LogP contribution is -2.58. The van der Waals surface area contributed by atoms with Gasteiger partial charge in [-0.05, 0) is 73.9 Å². The monoisotopic (exact) mass is 616 g/mol. The summed E-state index contributed by atoms with van der Waals surface area (Å²) in [5, 5.41) is 2.80. The molecule has 2 rings (SSSR count). The normalized spacial score (nSPS) is 13.0. The average Bonchev–Trinajstić information content (AvgIpc) is 2.61. The first-order valence-corrected chi connectivity index (χ1v) is 9.60. The van der Waals surface area contributed by atoms with Crippen molar-refractivity contribution in [3.05, 3.63) is 61.4 Å². The van der Waals surface area contributed by atoms with Gasteiger partial charge in [-0.3, -0.25) is 0 Å². The Morgan fingerprint density at radius 3 is 2.17 bits per heavy atom. The number of benzene rings is 2. The predicted octanol–water partition coefficient (Wildman–Crippen LogP) is 6.49. The summed E-state index contributed by atoms with van der Waals surface area (Å²) in [6, 6.07) is 2.58. The predicted molar refractivity (Wildman–Crippen MR) is 104 cm³/mol. The smallest absolute Gasteiger partial charge is 0.462 e. The molecule has 0 amide bonds. The van der Waals surface area contributed by atoms with Crippen LogP contribution in [0.1, 0.15) is 11.1 Å². The maximum Gasteiger partial charge on any atom is 0.462 e. The van der Waals surface area contributed by atoms with Crippen LogP contribution in [-0.2, 0) is 6.61 Å². The molecule has 0 aliphatic rings. The van der Waals surface area contributed by atoms with Crippen molar-refractivity contribution in [2.24, 2.45) is 5.10 Å². The van der Waals surface area contributed by atoms with E-state index in [2.05, 4.69) is 21.0 Å². The van der Waals surface area contributed by atoms with Crippen molar-refractivity contribution in [1.29, 1.82) is 0 Å². The molecule has 2 aromatic carbocycles. The molecule has 13 heteroatoms. The highest BCUT2D eigenvalue weighted by Crippen LogP contribution is 2.45. The number of rotatable bonds is 7. The fraction of sp³-hybridized carbons (Fsp3) is 0.235. The van der Waals surface area contributed by atoms with Crippen LogP contribution < -0.4 is 10.2 Å². The van der Waals surface area contributed by atoms with Crippen LogP contribution in [0.25, 0.3) is 0 Å². The molecule has 164 valence electrons. The van der Waals surface area contributed by atoms with E-state index < -0.39 is 24.0 Å². The van der Waals surface area contributed by atoms with E-state index in [9.17, 15) is 35.1 Å². The number of alkyl halides is 7. The Balaban J connectivity index is 2.10. The molecule has 0 fully saturated rings. The van der Waals surface area contributed by atoms with Crippen LogP contribution in [0.2, 0.25) is 0 Å². The van der Waals surface area contributed by atoms with Crippen LogP contribution in [0.3, 0.4) is 0 Å². The number of ether oxygens (including phenoxy) is 1. The second kappa shape index (κ2) is 9.24. The van der Waals surface area contributed by atoms with Gasteiger partial charge in [0.05, 0.1) is 14.3 Å². The second-order valence-corrected chi connectivity index (χ2v) is 7.76. The quantitative estimate of drug-likeness (QED) is 0.127. The number of hydrazone groups is 1. The Labute approximate surface area is 186 Å². The minimum absolute atomic E-state index is 0.0859. The molecule has 30 heavy (non-hydrogen) atoms. The Morgan fingerprint density at radius 1 is 1.03 bits per heavy atom. The third kappa shape index (κ3) is 5.74. The first-order chi connectivity index (χ1) is 13.7. The van der Waals surface area contributed by atoms with Crippen LogP contribution in [0.15, 0.2) is 46.0 Å². The first-order valence-electron chi connectivity index (χ1n) is 7.73. The lowest BCUT2D eigenvalue weighted by atomic mass is 10.2. The number of nitrogens with one attached hydrogen (secondary N) is 1. The van der Waals surface area contributed by atoms with E-state index in [1.165, 1.54) is 36.4 Å². The summed E-state index contributed by atoms with van der Waals surface area (Å²) < 4.78 is 107. The molecule has 1 N–H and O–H groups in total. The van der Waals surface area contributed by atoms with Crippen molar-refractivity contribution in [3.8, 4) is 5.75 Å². The van der Waals surface area contributed by atoms with Crippen LogP contribution in [0.5, 0.6) is 5.75 Å². The largest absolute Gasteiger partial charge is 0.487 e. The lowest BCUT2D eigenvalue weighted by Gasteiger charge is -2.27. The van der Waals surface area contributed by atoms with Crippen molar-refractivity contribution in [2.75, 3.05) is 0 Å². The van der Waals surface area contributed by atoms with Crippen LogP contribution in [-0.4, -0.2) is 24.4 Å². The van der Waals surface area contributed by atoms with Crippen molar-refractivity contribution >= 4 is 44.7 Å². The SMILES string of the molecule is Fc1ccc(COc2c(Br)cc(/C=N/NC(F)(F)C(F)(F)C(F)(F)F)cc2I)cc1. The molecule has 0 saturated heterocycles. The maximum absolute atomic E-state index is 13.2. The van der Waals surface area contributed by atoms with E-state index in [1.807, 2.05) is 22.6 Å². The Hall–Kier alpha value is -1.64. The molecular formula is C17H10BrF8IN2O. The molecule has 0 radical (unpaired) electrons. The number of halogens is 10. The summed E-state index contributed by atoms with van der Waals surface area (Å²) in [6.07, 6.45) is -5.81. The van der Waals surface area contributed by atoms with Crippen molar-refractivity contribution < 1.29 is 39.9 Å². The van der Waals surface area contributed by atoms with Gasteiger partial charge in [-0.15, -0.1) is 0 Å². The summed E-state index contributed by atoms with van der Waals surface area (Å²) in [6.45, 7) is 0.0859. The van der Waals surface area contributed by atoms with E-state index in [1.54, 1.807) is 0 Å². The van der Waals surface area contributed by atoms with E-state index in [0.717, 1.165) is 0 Å². The van der Waals surface area contributed by atoms with Gasteiger partial charge in [-0.1, -0.05) is 12.1 Å².